The second-order valence-electron chi connectivity index (χ2n) is 10.5. The van der Waals surface area contributed by atoms with Crippen LogP contribution in [0.1, 0.15) is 39.8 Å². The molecule has 1 N–H and O–H groups in total. The van der Waals surface area contributed by atoms with Gasteiger partial charge >= 0.3 is 6.18 Å². The number of nitrogens with one attached hydrogen (secondary N) is 1. The lowest BCUT2D eigenvalue weighted by Crippen LogP contribution is -2.44. The number of carbonyl (C=O) groups excluding carboxylic acids is 1. The topological polar surface area (TPSA) is 108 Å². The monoisotopic (exact) mass is 587 g/mol. The van der Waals surface area contributed by atoms with Gasteiger partial charge in [0.15, 0.2) is 5.65 Å². The highest BCUT2D eigenvalue weighted by molar-refractivity contribution is 6.04. The summed E-state index contributed by atoms with van der Waals surface area (Å²) in [7, 11) is 0. The lowest BCUT2D eigenvalue weighted by Gasteiger charge is -2.37. The van der Waals surface area contributed by atoms with Crippen molar-refractivity contribution in [3.63, 3.8) is 0 Å². The summed E-state index contributed by atoms with van der Waals surface area (Å²) in [5.74, 6) is 5.70. The van der Waals surface area contributed by atoms with Crippen LogP contribution in [-0.2, 0) is 10.9 Å². The number of alkyl halides is 3. The predicted molar refractivity (Wildman–Crippen MR) is 149 cm³/mol. The van der Waals surface area contributed by atoms with E-state index in [1.54, 1.807) is 36.0 Å². The maximum atomic E-state index is 13.6. The maximum Gasteiger partial charge on any atom is 0.416 e. The normalized spacial score (nSPS) is 14.1. The summed E-state index contributed by atoms with van der Waals surface area (Å²) in [4.78, 5) is 25.5. The summed E-state index contributed by atoms with van der Waals surface area (Å²) >= 11 is 0. The number of aromatic nitrogens is 6. The molecule has 10 nitrogen and oxygen atoms in total. The molecule has 4 aromatic heterocycles. The second kappa shape index (κ2) is 10.9. The van der Waals surface area contributed by atoms with Crippen molar-refractivity contribution in [2.24, 2.45) is 5.41 Å². The van der Waals surface area contributed by atoms with E-state index < -0.39 is 17.6 Å². The van der Waals surface area contributed by atoms with Gasteiger partial charge in [0, 0.05) is 47.0 Å². The first kappa shape index (κ1) is 27.9. The van der Waals surface area contributed by atoms with E-state index >= 15 is 0 Å². The first-order valence-corrected chi connectivity index (χ1v) is 13.1. The van der Waals surface area contributed by atoms with E-state index in [9.17, 15) is 18.0 Å². The number of amides is 1. The molecule has 0 spiro atoms. The number of imidazole rings is 2. The largest absolute Gasteiger partial charge is 0.476 e. The number of ether oxygens (including phenoxy) is 2. The lowest BCUT2D eigenvalue weighted by atomic mass is 9.90. The lowest BCUT2D eigenvalue weighted by molar-refractivity contribution is -0.137. The summed E-state index contributed by atoms with van der Waals surface area (Å²) in [5.41, 5.74) is 1.43. The number of rotatable bonds is 6. The first-order valence-electron chi connectivity index (χ1n) is 13.1. The van der Waals surface area contributed by atoms with Crippen molar-refractivity contribution in [3.05, 3.63) is 95.6 Å². The van der Waals surface area contributed by atoms with Crippen molar-refractivity contribution in [3.8, 4) is 23.4 Å². The van der Waals surface area contributed by atoms with Crippen LogP contribution in [0.4, 0.5) is 18.9 Å². The molecule has 218 valence electrons. The molecular formula is C30H24F3N7O3. The van der Waals surface area contributed by atoms with E-state index in [0.717, 1.165) is 12.1 Å². The Hall–Kier alpha value is -5.22. The molecule has 0 unspecified atom stereocenters. The fraction of sp³-hybridized carbons (Fsp3) is 0.233. The fourth-order valence-corrected chi connectivity index (χ4v) is 4.33. The molecule has 0 aliphatic carbocycles. The van der Waals surface area contributed by atoms with Gasteiger partial charge in [0.1, 0.15) is 5.69 Å². The Morgan fingerprint density at radius 3 is 2.67 bits per heavy atom. The number of hydrogen-bond acceptors (Lipinski definition) is 7. The van der Waals surface area contributed by atoms with Crippen LogP contribution in [0.2, 0.25) is 0 Å². The minimum absolute atomic E-state index is 0.0358. The van der Waals surface area contributed by atoms with Crippen molar-refractivity contribution in [2.75, 3.05) is 25.1 Å². The van der Waals surface area contributed by atoms with Crippen molar-refractivity contribution in [2.45, 2.75) is 20.0 Å². The molecule has 1 amide bonds. The van der Waals surface area contributed by atoms with E-state index in [4.69, 9.17) is 9.47 Å². The minimum Gasteiger partial charge on any atom is -0.476 e. The zero-order chi connectivity index (χ0) is 30.2. The molecule has 13 heteroatoms. The Morgan fingerprint density at radius 1 is 1.12 bits per heavy atom. The van der Waals surface area contributed by atoms with Crippen LogP contribution >= 0.6 is 0 Å². The summed E-state index contributed by atoms with van der Waals surface area (Å²) in [6, 6.07) is 8.29. The van der Waals surface area contributed by atoms with Gasteiger partial charge in [-0.2, -0.15) is 13.2 Å². The van der Waals surface area contributed by atoms with Crippen LogP contribution in [0.25, 0.3) is 11.3 Å². The average molecular weight is 588 g/mol. The Morgan fingerprint density at radius 2 is 1.95 bits per heavy atom. The molecule has 0 atom stereocenters. The van der Waals surface area contributed by atoms with Crippen LogP contribution in [0.15, 0.2) is 67.5 Å². The van der Waals surface area contributed by atoms with Gasteiger partial charge in [-0.15, -0.1) is 5.10 Å². The zero-order valence-electron chi connectivity index (χ0n) is 23.0. The van der Waals surface area contributed by atoms with Gasteiger partial charge in [-0.1, -0.05) is 12.8 Å². The number of hydrogen-bond donors (Lipinski definition) is 1. The van der Waals surface area contributed by atoms with Gasteiger partial charge in [0.05, 0.1) is 49.2 Å². The SMILES string of the molecule is Cc1cn(-c2cc(NC(=O)c3cncc(C#Cc4cnc5ccc(OCC6(C)COC6)nn45)c3)cc(C(F)(F)F)c2)cn1. The average Bonchev–Trinajstić information content (AvgIpc) is 3.59. The second-order valence-corrected chi connectivity index (χ2v) is 10.5. The highest BCUT2D eigenvalue weighted by Crippen LogP contribution is 2.33. The highest BCUT2D eigenvalue weighted by atomic mass is 19.4. The zero-order valence-corrected chi connectivity index (χ0v) is 23.0. The van der Waals surface area contributed by atoms with E-state index in [-0.39, 0.29) is 22.4 Å². The predicted octanol–water partition coefficient (Wildman–Crippen LogP) is 4.70. The Bertz CT molecular complexity index is 1900. The number of halogens is 3. The van der Waals surface area contributed by atoms with Crippen LogP contribution in [0.3, 0.4) is 0 Å². The fourth-order valence-electron chi connectivity index (χ4n) is 4.33. The van der Waals surface area contributed by atoms with Gasteiger partial charge in [-0.3, -0.25) is 9.78 Å². The third-order valence-corrected chi connectivity index (χ3v) is 6.66. The van der Waals surface area contributed by atoms with E-state index in [2.05, 4.69) is 44.1 Å². The van der Waals surface area contributed by atoms with Crippen LogP contribution in [0, 0.1) is 24.2 Å². The molecule has 1 aliphatic heterocycles. The number of carbonyl (C=O) groups is 1. The van der Waals surface area contributed by atoms with Crippen LogP contribution < -0.4 is 10.1 Å². The molecule has 0 saturated carbocycles. The third kappa shape index (κ3) is 6.19. The van der Waals surface area contributed by atoms with Crippen LogP contribution in [0.5, 0.6) is 5.88 Å². The maximum absolute atomic E-state index is 13.6. The van der Waals surface area contributed by atoms with Gasteiger partial charge in [-0.05, 0) is 43.2 Å². The van der Waals surface area contributed by atoms with Crippen molar-refractivity contribution < 1.29 is 27.4 Å². The Kier molecular flexibility index (Phi) is 7.07. The van der Waals surface area contributed by atoms with Gasteiger partial charge in [-0.25, -0.2) is 14.5 Å². The molecule has 1 saturated heterocycles. The minimum atomic E-state index is -4.62. The van der Waals surface area contributed by atoms with Crippen LogP contribution in [-0.4, -0.2) is 54.9 Å². The van der Waals surface area contributed by atoms with Crippen molar-refractivity contribution in [1.82, 2.24) is 29.1 Å². The number of pyridine rings is 1. The quantitative estimate of drug-likeness (QED) is 0.287. The van der Waals surface area contributed by atoms with E-state index in [1.165, 1.54) is 35.4 Å². The molecule has 5 aromatic rings. The Labute approximate surface area is 243 Å². The summed E-state index contributed by atoms with van der Waals surface area (Å²) in [6.45, 7) is 5.53. The third-order valence-electron chi connectivity index (χ3n) is 6.66. The van der Waals surface area contributed by atoms with Gasteiger partial charge in [0.25, 0.3) is 5.91 Å². The molecule has 0 bridgehead atoms. The van der Waals surface area contributed by atoms with Gasteiger partial charge < -0.3 is 19.4 Å². The number of fused-ring (bicyclic) bond motifs is 1. The molecule has 1 aliphatic rings. The van der Waals surface area contributed by atoms with E-state index in [1.807, 2.05) is 0 Å². The number of aryl methyl sites for hydroxylation is 1. The standard InChI is InChI=1S/C30H24F3N7O3/c1-19-14-39(18-36-19)25-9-22(30(31,32)33)8-23(10-25)37-28(41)21-7-20(11-34-12-21)3-4-24-13-35-26-5-6-27(38-40(24)26)43-17-29(2)15-42-16-29/h5-14,18H,15-17H2,1-2H3,(H,37,41). The summed E-state index contributed by atoms with van der Waals surface area (Å²) in [6.07, 6.45) is 2.72. The number of benzene rings is 1. The summed E-state index contributed by atoms with van der Waals surface area (Å²) in [5, 5.41) is 7.02. The molecular weight excluding hydrogens is 563 g/mol. The number of nitrogens with zero attached hydrogens (tertiary/aromatic N) is 6. The molecule has 1 fully saturated rings. The smallest absolute Gasteiger partial charge is 0.416 e. The molecule has 6 rings (SSSR count). The van der Waals surface area contributed by atoms with E-state index in [0.29, 0.717) is 48.3 Å². The van der Waals surface area contributed by atoms with Crippen molar-refractivity contribution in [1.29, 1.82) is 0 Å². The van der Waals surface area contributed by atoms with Gasteiger partial charge in [0.2, 0.25) is 5.88 Å². The summed E-state index contributed by atoms with van der Waals surface area (Å²) < 4.78 is 55.0. The van der Waals surface area contributed by atoms with Crippen molar-refractivity contribution >= 4 is 17.2 Å². The highest BCUT2D eigenvalue weighted by Gasteiger charge is 2.34. The molecule has 5 heterocycles. The molecule has 1 aromatic carbocycles. The number of anilines is 1. The Balaban J connectivity index is 1.21. The molecule has 43 heavy (non-hydrogen) atoms. The molecule has 0 radical (unpaired) electrons. The first-order chi connectivity index (χ1) is 20.5.